The standard InChI is InChI=1S/C17H20FNO2S/c1-4-17(14-7-5-12(2)6-8-14)19-22(20,21)15-9-10-16(18)13(3)11-15/h5-11,17,19H,4H2,1-3H3/t17-/m1/s1. The van der Waals surface area contributed by atoms with Gasteiger partial charge in [0.1, 0.15) is 5.82 Å². The van der Waals surface area contributed by atoms with Gasteiger partial charge in [0.2, 0.25) is 10.0 Å². The Kier molecular flexibility index (Phi) is 4.98. The lowest BCUT2D eigenvalue weighted by Crippen LogP contribution is -2.28. The van der Waals surface area contributed by atoms with Crippen molar-refractivity contribution in [2.24, 2.45) is 0 Å². The van der Waals surface area contributed by atoms with Gasteiger partial charge in [0.15, 0.2) is 0 Å². The fourth-order valence-corrected chi connectivity index (χ4v) is 3.62. The maximum atomic E-state index is 13.3. The van der Waals surface area contributed by atoms with E-state index in [-0.39, 0.29) is 10.9 Å². The van der Waals surface area contributed by atoms with Crippen LogP contribution < -0.4 is 4.72 Å². The molecule has 0 fully saturated rings. The summed E-state index contributed by atoms with van der Waals surface area (Å²) in [4.78, 5) is 0.0805. The maximum Gasteiger partial charge on any atom is 0.241 e. The Morgan fingerprint density at radius 2 is 1.73 bits per heavy atom. The topological polar surface area (TPSA) is 46.2 Å². The third-order valence-electron chi connectivity index (χ3n) is 3.63. The zero-order chi connectivity index (χ0) is 16.3. The average molecular weight is 321 g/mol. The van der Waals surface area contributed by atoms with Crippen LogP contribution in [0.4, 0.5) is 4.39 Å². The van der Waals surface area contributed by atoms with Crippen LogP contribution in [-0.4, -0.2) is 8.42 Å². The highest BCUT2D eigenvalue weighted by atomic mass is 32.2. The molecule has 0 amide bonds. The van der Waals surface area contributed by atoms with Crippen molar-refractivity contribution in [1.82, 2.24) is 4.72 Å². The summed E-state index contributed by atoms with van der Waals surface area (Å²) in [6.07, 6.45) is 0.627. The molecule has 1 N–H and O–H groups in total. The average Bonchev–Trinajstić information content (AvgIpc) is 2.48. The van der Waals surface area contributed by atoms with Gasteiger partial charge in [0, 0.05) is 6.04 Å². The highest BCUT2D eigenvalue weighted by Crippen LogP contribution is 2.21. The molecule has 2 rings (SSSR count). The predicted octanol–water partition coefficient (Wildman–Crippen LogP) is 3.87. The van der Waals surface area contributed by atoms with Gasteiger partial charge in [0.25, 0.3) is 0 Å². The second-order valence-electron chi connectivity index (χ2n) is 5.40. The first-order valence-corrected chi connectivity index (χ1v) is 8.67. The molecule has 0 radical (unpaired) electrons. The fraction of sp³-hybridized carbons (Fsp3) is 0.294. The van der Waals surface area contributed by atoms with Gasteiger partial charge in [-0.3, -0.25) is 0 Å². The van der Waals surface area contributed by atoms with E-state index >= 15 is 0 Å². The smallest absolute Gasteiger partial charge is 0.207 e. The summed E-state index contributed by atoms with van der Waals surface area (Å²) in [7, 11) is -3.69. The van der Waals surface area contributed by atoms with E-state index in [9.17, 15) is 12.8 Å². The van der Waals surface area contributed by atoms with Crippen molar-refractivity contribution in [1.29, 1.82) is 0 Å². The van der Waals surface area contributed by atoms with Gasteiger partial charge in [-0.15, -0.1) is 0 Å². The summed E-state index contributed by atoms with van der Waals surface area (Å²) < 4.78 is 40.9. The molecule has 5 heteroatoms. The lowest BCUT2D eigenvalue weighted by Gasteiger charge is -2.18. The molecule has 1 atom stereocenters. The fourth-order valence-electron chi connectivity index (χ4n) is 2.23. The molecule has 0 saturated carbocycles. The summed E-state index contributed by atoms with van der Waals surface area (Å²) in [5, 5.41) is 0. The third kappa shape index (κ3) is 3.72. The monoisotopic (exact) mass is 321 g/mol. The zero-order valence-electron chi connectivity index (χ0n) is 12.9. The van der Waals surface area contributed by atoms with E-state index in [1.807, 2.05) is 38.1 Å². The van der Waals surface area contributed by atoms with Gasteiger partial charge in [0.05, 0.1) is 4.90 Å². The largest absolute Gasteiger partial charge is 0.241 e. The van der Waals surface area contributed by atoms with Crippen LogP contribution in [0.5, 0.6) is 0 Å². The number of hydrogen-bond donors (Lipinski definition) is 1. The highest BCUT2D eigenvalue weighted by Gasteiger charge is 2.20. The number of hydrogen-bond acceptors (Lipinski definition) is 2. The van der Waals surface area contributed by atoms with Gasteiger partial charge in [-0.2, -0.15) is 0 Å². The molecule has 0 bridgehead atoms. The summed E-state index contributed by atoms with van der Waals surface area (Å²) in [5.41, 5.74) is 2.34. The Bertz CT molecular complexity index is 755. The van der Waals surface area contributed by atoms with Gasteiger partial charge < -0.3 is 0 Å². The normalized spacial score (nSPS) is 13.1. The second kappa shape index (κ2) is 6.58. The summed E-state index contributed by atoms with van der Waals surface area (Å²) in [6, 6.07) is 11.2. The molecule has 0 aliphatic heterocycles. The minimum absolute atomic E-state index is 0.0805. The minimum Gasteiger partial charge on any atom is -0.207 e. The number of aryl methyl sites for hydroxylation is 2. The lowest BCUT2D eigenvalue weighted by atomic mass is 10.0. The number of nitrogens with one attached hydrogen (secondary N) is 1. The first-order chi connectivity index (χ1) is 10.3. The SMILES string of the molecule is CC[C@@H](NS(=O)(=O)c1ccc(F)c(C)c1)c1ccc(C)cc1. The number of benzene rings is 2. The Morgan fingerprint density at radius 3 is 2.27 bits per heavy atom. The molecule has 22 heavy (non-hydrogen) atoms. The van der Waals surface area contributed by atoms with E-state index in [0.717, 1.165) is 11.1 Å². The molecular formula is C17H20FNO2S. The minimum atomic E-state index is -3.69. The molecule has 0 saturated heterocycles. The molecule has 2 aromatic carbocycles. The van der Waals surface area contributed by atoms with E-state index in [1.165, 1.54) is 18.2 Å². The first-order valence-electron chi connectivity index (χ1n) is 7.18. The van der Waals surface area contributed by atoms with Gasteiger partial charge in [-0.25, -0.2) is 17.5 Å². The van der Waals surface area contributed by atoms with Crippen molar-refractivity contribution < 1.29 is 12.8 Å². The van der Waals surface area contributed by atoms with E-state index in [1.54, 1.807) is 6.92 Å². The van der Waals surface area contributed by atoms with E-state index in [2.05, 4.69) is 4.72 Å². The molecule has 0 unspecified atom stereocenters. The molecule has 0 aliphatic rings. The molecule has 2 aromatic rings. The van der Waals surface area contributed by atoms with Gasteiger partial charge in [-0.05, 0) is 49.6 Å². The highest BCUT2D eigenvalue weighted by molar-refractivity contribution is 7.89. The van der Waals surface area contributed by atoms with Crippen molar-refractivity contribution in [2.45, 2.75) is 38.1 Å². The van der Waals surface area contributed by atoms with Crippen molar-refractivity contribution in [2.75, 3.05) is 0 Å². The van der Waals surface area contributed by atoms with E-state index in [4.69, 9.17) is 0 Å². The van der Waals surface area contributed by atoms with Crippen LogP contribution in [0.1, 0.15) is 36.1 Å². The maximum absolute atomic E-state index is 13.3. The van der Waals surface area contributed by atoms with Crippen LogP contribution in [0, 0.1) is 19.7 Å². The van der Waals surface area contributed by atoms with Crippen LogP contribution in [-0.2, 0) is 10.0 Å². The van der Waals surface area contributed by atoms with Crippen molar-refractivity contribution >= 4 is 10.0 Å². The molecular weight excluding hydrogens is 301 g/mol. The number of rotatable bonds is 5. The Hall–Kier alpha value is -1.72. The first kappa shape index (κ1) is 16.6. The predicted molar refractivity (Wildman–Crippen MR) is 85.7 cm³/mol. The second-order valence-corrected chi connectivity index (χ2v) is 7.12. The Labute approximate surface area is 131 Å². The van der Waals surface area contributed by atoms with E-state index < -0.39 is 15.8 Å². The quantitative estimate of drug-likeness (QED) is 0.908. The lowest BCUT2D eigenvalue weighted by molar-refractivity contribution is 0.549. The molecule has 0 aromatic heterocycles. The third-order valence-corrected chi connectivity index (χ3v) is 5.09. The van der Waals surface area contributed by atoms with E-state index in [0.29, 0.717) is 12.0 Å². The van der Waals surface area contributed by atoms with Crippen LogP contribution in [0.2, 0.25) is 0 Å². The molecule has 0 aliphatic carbocycles. The summed E-state index contributed by atoms with van der Waals surface area (Å²) in [6.45, 7) is 5.45. The Morgan fingerprint density at radius 1 is 1.09 bits per heavy atom. The van der Waals surface area contributed by atoms with Crippen LogP contribution in [0.3, 0.4) is 0 Å². The van der Waals surface area contributed by atoms with Gasteiger partial charge >= 0.3 is 0 Å². The molecule has 3 nitrogen and oxygen atoms in total. The Balaban J connectivity index is 2.29. The summed E-state index contributed by atoms with van der Waals surface area (Å²) >= 11 is 0. The van der Waals surface area contributed by atoms with Crippen molar-refractivity contribution in [3.63, 3.8) is 0 Å². The number of sulfonamides is 1. The molecule has 0 spiro atoms. The van der Waals surface area contributed by atoms with Crippen molar-refractivity contribution in [3.8, 4) is 0 Å². The summed E-state index contributed by atoms with van der Waals surface area (Å²) in [5.74, 6) is -0.412. The van der Waals surface area contributed by atoms with Crippen LogP contribution >= 0.6 is 0 Å². The zero-order valence-corrected chi connectivity index (χ0v) is 13.7. The van der Waals surface area contributed by atoms with Gasteiger partial charge in [-0.1, -0.05) is 36.8 Å². The van der Waals surface area contributed by atoms with Crippen LogP contribution in [0.25, 0.3) is 0 Å². The molecule has 118 valence electrons. The van der Waals surface area contributed by atoms with Crippen molar-refractivity contribution in [3.05, 3.63) is 65.0 Å². The number of halogens is 1. The molecule has 0 heterocycles. The van der Waals surface area contributed by atoms with Crippen LogP contribution in [0.15, 0.2) is 47.4 Å².